The van der Waals surface area contributed by atoms with Gasteiger partial charge in [0.05, 0.1) is 17.6 Å². The van der Waals surface area contributed by atoms with E-state index in [1.807, 2.05) is 24.4 Å². The number of ether oxygens (including phenoxy) is 1. The van der Waals surface area contributed by atoms with Crippen molar-refractivity contribution in [2.45, 2.75) is 18.2 Å². The van der Waals surface area contributed by atoms with Crippen LogP contribution in [0.15, 0.2) is 57.1 Å². The molecule has 2 aromatic carbocycles. The van der Waals surface area contributed by atoms with Gasteiger partial charge in [0.2, 0.25) is 0 Å². The maximum Gasteiger partial charge on any atom is 0.284 e. The first-order chi connectivity index (χ1) is 16.1. The van der Waals surface area contributed by atoms with Crippen molar-refractivity contribution >= 4 is 45.2 Å². The normalized spacial score (nSPS) is 11.6. The number of nitrogens with one attached hydrogen (secondary N) is 1. The fraction of sp³-hybridized carbons (Fsp3) is 0.250. The Bertz CT molecular complexity index is 1320. The summed E-state index contributed by atoms with van der Waals surface area (Å²) in [6.45, 7) is 2.26. The van der Waals surface area contributed by atoms with Gasteiger partial charge in [0.1, 0.15) is 12.1 Å². The number of sulfonamides is 1. The number of amides is 1. The molecule has 0 atom stereocenters. The number of methoxy groups -OCH3 is 1. The van der Waals surface area contributed by atoms with E-state index < -0.39 is 10.0 Å². The van der Waals surface area contributed by atoms with Crippen LogP contribution in [0.1, 0.15) is 21.5 Å². The Kier molecular flexibility index (Phi) is 8.35. The van der Waals surface area contributed by atoms with E-state index >= 15 is 0 Å². The summed E-state index contributed by atoms with van der Waals surface area (Å²) in [6.07, 6.45) is 1.70. The fourth-order valence-electron chi connectivity index (χ4n) is 3.20. The molecule has 0 aliphatic carbocycles. The Morgan fingerprint density at radius 2 is 1.97 bits per heavy atom. The molecule has 1 amide bonds. The number of hydrogen-bond donors (Lipinski definition) is 1. The molecule has 3 aromatic rings. The van der Waals surface area contributed by atoms with Crippen molar-refractivity contribution < 1.29 is 17.9 Å². The number of nitrogens with zero attached hydrogens (tertiary/aromatic N) is 2. The predicted molar refractivity (Wildman–Crippen MR) is 138 cm³/mol. The number of carbonyl (C=O) groups is 1. The molecule has 10 heteroatoms. The number of thiophene rings is 1. The lowest BCUT2D eigenvalue weighted by Gasteiger charge is -2.12. The molecule has 180 valence electrons. The van der Waals surface area contributed by atoms with Gasteiger partial charge in [-0.05, 0) is 60.2 Å². The summed E-state index contributed by atoms with van der Waals surface area (Å²) in [7, 11) is 0.964. The lowest BCUT2D eigenvalue weighted by atomic mass is 10.1. The maximum atomic E-state index is 13.0. The van der Waals surface area contributed by atoms with Crippen molar-refractivity contribution in [1.82, 2.24) is 10.2 Å². The van der Waals surface area contributed by atoms with Crippen LogP contribution in [0.4, 0.5) is 0 Å². The summed E-state index contributed by atoms with van der Waals surface area (Å²) < 4.78 is 35.1. The van der Waals surface area contributed by atoms with E-state index in [1.54, 1.807) is 49.3 Å². The molecular formula is C24H26ClN3O4S2. The monoisotopic (exact) mass is 519 g/mol. The first-order valence-electron chi connectivity index (χ1n) is 10.4. The van der Waals surface area contributed by atoms with E-state index in [4.69, 9.17) is 16.3 Å². The number of carbonyl (C=O) groups excluding carboxylic acids is 1. The van der Waals surface area contributed by atoms with E-state index in [-0.39, 0.29) is 10.8 Å². The predicted octanol–water partition coefficient (Wildman–Crippen LogP) is 4.64. The van der Waals surface area contributed by atoms with Crippen LogP contribution < -0.4 is 10.1 Å². The highest BCUT2D eigenvalue weighted by atomic mass is 35.5. The van der Waals surface area contributed by atoms with Gasteiger partial charge in [-0.1, -0.05) is 23.7 Å². The maximum absolute atomic E-state index is 13.0. The van der Waals surface area contributed by atoms with Crippen LogP contribution in [-0.2, 0) is 16.4 Å². The van der Waals surface area contributed by atoms with Crippen LogP contribution in [0.25, 0.3) is 10.4 Å². The largest absolute Gasteiger partial charge is 0.496 e. The van der Waals surface area contributed by atoms with Crippen molar-refractivity contribution in [2.24, 2.45) is 4.40 Å². The Morgan fingerprint density at radius 3 is 2.62 bits per heavy atom. The highest BCUT2D eigenvalue weighted by Crippen LogP contribution is 2.34. The summed E-state index contributed by atoms with van der Waals surface area (Å²) in [5, 5.41) is 5.24. The number of aryl methyl sites for hydroxylation is 1. The first kappa shape index (κ1) is 25.7. The molecule has 1 heterocycles. The van der Waals surface area contributed by atoms with Crippen LogP contribution >= 0.6 is 22.9 Å². The highest BCUT2D eigenvalue weighted by Gasteiger charge is 2.20. The van der Waals surface area contributed by atoms with Crippen LogP contribution in [0.5, 0.6) is 5.75 Å². The summed E-state index contributed by atoms with van der Waals surface area (Å²) >= 11 is 7.49. The minimum atomic E-state index is -3.93. The summed E-state index contributed by atoms with van der Waals surface area (Å²) in [5.41, 5.74) is 2.75. The molecule has 0 bridgehead atoms. The molecule has 0 saturated carbocycles. The molecule has 0 spiro atoms. The molecule has 0 aliphatic rings. The minimum absolute atomic E-state index is 0.132. The third-order valence-corrected chi connectivity index (χ3v) is 7.42. The van der Waals surface area contributed by atoms with Crippen LogP contribution in [-0.4, -0.2) is 53.3 Å². The first-order valence-corrected chi connectivity index (χ1v) is 13.1. The fourth-order valence-corrected chi connectivity index (χ4v) is 5.56. The van der Waals surface area contributed by atoms with Gasteiger partial charge in [0, 0.05) is 36.1 Å². The zero-order valence-electron chi connectivity index (χ0n) is 19.3. The van der Waals surface area contributed by atoms with Crippen molar-refractivity contribution in [3.63, 3.8) is 0 Å². The second kappa shape index (κ2) is 11.0. The standard InChI is InChI=1S/C24H26ClN3O4S2/c1-16-11-22(33-14-16)19-7-5-17(12-23(19)34(30,31)27-15-28(2)3)9-10-26-24(29)20-13-18(25)6-8-21(20)32-4/h5-8,11-15H,9-10H2,1-4H3,(H,26,29). The SMILES string of the molecule is COc1ccc(Cl)cc1C(=O)NCCc1ccc(-c2cc(C)cs2)c(S(=O)(=O)N=CN(C)C)c1. The van der Waals surface area contributed by atoms with Crippen molar-refractivity contribution in [3.05, 3.63) is 69.6 Å². The summed E-state index contributed by atoms with van der Waals surface area (Å²) in [5.74, 6) is 0.0955. The second-order valence-corrected chi connectivity index (χ2v) is 10.8. The van der Waals surface area contributed by atoms with Crippen LogP contribution in [0, 0.1) is 6.92 Å². The second-order valence-electron chi connectivity index (χ2n) is 7.83. The van der Waals surface area contributed by atoms with Crippen molar-refractivity contribution in [2.75, 3.05) is 27.7 Å². The lowest BCUT2D eigenvalue weighted by Crippen LogP contribution is -2.26. The Labute approximate surface area is 209 Å². The molecule has 0 unspecified atom stereocenters. The van der Waals surface area contributed by atoms with Gasteiger partial charge in [0.15, 0.2) is 0 Å². The topological polar surface area (TPSA) is 88.1 Å². The molecule has 1 N–H and O–H groups in total. The molecular weight excluding hydrogens is 494 g/mol. The molecule has 0 aliphatic heterocycles. The van der Waals surface area contributed by atoms with Crippen molar-refractivity contribution in [3.8, 4) is 16.2 Å². The van der Waals surface area contributed by atoms with Gasteiger partial charge >= 0.3 is 0 Å². The number of benzene rings is 2. The van der Waals surface area contributed by atoms with Gasteiger partial charge < -0.3 is 15.0 Å². The van der Waals surface area contributed by atoms with Crippen molar-refractivity contribution in [1.29, 1.82) is 0 Å². The van der Waals surface area contributed by atoms with Gasteiger partial charge in [0.25, 0.3) is 15.9 Å². The van der Waals surface area contributed by atoms with E-state index in [2.05, 4.69) is 9.71 Å². The van der Waals surface area contributed by atoms with E-state index in [0.717, 1.165) is 16.0 Å². The number of halogens is 1. The number of rotatable bonds is 9. The van der Waals surface area contributed by atoms with Gasteiger partial charge in [-0.15, -0.1) is 15.7 Å². The van der Waals surface area contributed by atoms with Gasteiger partial charge in [-0.3, -0.25) is 4.79 Å². The average molecular weight is 520 g/mol. The molecule has 34 heavy (non-hydrogen) atoms. The van der Waals surface area contributed by atoms with Gasteiger partial charge in [-0.25, -0.2) is 0 Å². The van der Waals surface area contributed by atoms with E-state index in [0.29, 0.717) is 34.9 Å². The zero-order valence-corrected chi connectivity index (χ0v) is 21.7. The molecule has 0 fully saturated rings. The highest BCUT2D eigenvalue weighted by molar-refractivity contribution is 7.90. The molecule has 3 rings (SSSR count). The summed E-state index contributed by atoms with van der Waals surface area (Å²) in [6, 6.07) is 12.1. The molecule has 7 nitrogen and oxygen atoms in total. The molecule has 0 saturated heterocycles. The quantitative estimate of drug-likeness (QED) is 0.329. The lowest BCUT2D eigenvalue weighted by molar-refractivity contribution is 0.0951. The third-order valence-electron chi connectivity index (χ3n) is 4.84. The molecule has 0 radical (unpaired) electrons. The third kappa shape index (κ3) is 6.37. The zero-order chi connectivity index (χ0) is 24.9. The Balaban J connectivity index is 1.84. The van der Waals surface area contributed by atoms with E-state index in [1.165, 1.54) is 24.8 Å². The van der Waals surface area contributed by atoms with Gasteiger partial charge in [-0.2, -0.15) is 8.42 Å². The average Bonchev–Trinajstić information content (AvgIpc) is 3.23. The van der Waals surface area contributed by atoms with E-state index in [9.17, 15) is 13.2 Å². The van der Waals surface area contributed by atoms with Crippen LogP contribution in [0.2, 0.25) is 5.02 Å². The Hall–Kier alpha value is -2.88. The summed E-state index contributed by atoms with van der Waals surface area (Å²) in [4.78, 5) is 15.2. The Morgan fingerprint density at radius 1 is 1.21 bits per heavy atom. The minimum Gasteiger partial charge on any atom is -0.496 e. The number of hydrogen-bond acceptors (Lipinski definition) is 5. The van der Waals surface area contributed by atoms with Crippen LogP contribution in [0.3, 0.4) is 0 Å². The molecule has 1 aromatic heterocycles. The smallest absolute Gasteiger partial charge is 0.284 e.